The lowest BCUT2D eigenvalue weighted by atomic mass is 9.98. The van der Waals surface area contributed by atoms with E-state index >= 15 is 0 Å². The second-order valence-corrected chi connectivity index (χ2v) is 6.17. The van der Waals surface area contributed by atoms with Crippen molar-refractivity contribution in [2.24, 2.45) is 5.92 Å². The van der Waals surface area contributed by atoms with Gasteiger partial charge in [0.25, 0.3) is 5.91 Å². The number of anilines is 1. The fraction of sp³-hybridized carbons (Fsp3) is 0.471. The normalized spacial score (nSPS) is 23.5. The second kappa shape index (κ2) is 6.51. The van der Waals surface area contributed by atoms with E-state index in [4.69, 9.17) is 9.84 Å². The molecule has 0 aliphatic carbocycles. The third-order valence-corrected chi connectivity index (χ3v) is 4.49. The minimum absolute atomic E-state index is 0.101. The van der Waals surface area contributed by atoms with Crippen molar-refractivity contribution in [1.82, 2.24) is 4.90 Å². The van der Waals surface area contributed by atoms with Gasteiger partial charge in [0.1, 0.15) is 12.3 Å². The number of carboxylic acid groups (broad SMARTS) is 1. The first kappa shape index (κ1) is 16.3. The Hall–Kier alpha value is -2.57. The Morgan fingerprint density at radius 2 is 2.08 bits per heavy atom. The fourth-order valence-corrected chi connectivity index (χ4v) is 3.16. The Bertz CT molecular complexity index is 675. The molecule has 1 aromatic rings. The number of aliphatic carboxylic acids is 1. The maximum absolute atomic E-state index is 12.6. The number of rotatable bonds is 3. The van der Waals surface area contributed by atoms with Gasteiger partial charge in [-0.2, -0.15) is 0 Å². The number of carbonyl (C=O) groups excluding carboxylic acids is 2. The van der Waals surface area contributed by atoms with Crippen molar-refractivity contribution in [2.45, 2.75) is 25.9 Å². The summed E-state index contributed by atoms with van der Waals surface area (Å²) in [7, 11) is 0. The third kappa shape index (κ3) is 3.06. The molecule has 24 heavy (non-hydrogen) atoms. The molecule has 7 heteroatoms. The molecule has 3 rings (SSSR count). The first-order chi connectivity index (χ1) is 11.5. The number of hydrogen-bond donors (Lipinski definition) is 1. The summed E-state index contributed by atoms with van der Waals surface area (Å²) in [5.74, 6) is -1.35. The van der Waals surface area contributed by atoms with Crippen LogP contribution in [-0.4, -0.2) is 53.5 Å². The Labute approximate surface area is 139 Å². The molecular formula is C17H20N2O5. The summed E-state index contributed by atoms with van der Waals surface area (Å²) in [4.78, 5) is 39.1. The number of amides is 2. The predicted octanol–water partition coefficient (Wildman–Crippen LogP) is 1.12. The largest absolute Gasteiger partial charge is 0.481 e. The number of para-hydroxylation sites is 2. The van der Waals surface area contributed by atoms with Crippen LogP contribution in [0.15, 0.2) is 24.3 Å². The van der Waals surface area contributed by atoms with E-state index in [2.05, 4.69) is 0 Å². The topological polar surface area (TPSA) is 87.2 Å². The van der Waals surface area contributed by atoms with Crippen LogP contribution in [0, 0.1) is 5.92 Å². The third-order valence-electron chi connectivity index (χ3n) is 4.49. The lowest BCUT2D eigenvalue weighted by Crippen LogP contribution is -2.51. The van der Waals surface area contributed by atoms with Crippen molar-refractivity contribution in [3.05, 3.63) is 24.3 Å². The van der Waals surface area contributed by atoms with Crippen molar-refractivity contribution in [3.63, 3.8) is 0 Å². The molecule has 2 aliphatic heterocycles. The van der Waals surface area contributed by atoms with Crippen LogP contribution in [0.4, 0.5) is 5.69 Å². The SMILES string of the molecule is C[C@H]1Oc2ccccc2N(CC(=O)N2CCC[C@@H](C(=O)O)C2)C1=O. The molecule has 0 unspecified atom stereocenters. The number of fused-ring (bicyclic) bond motifs is 1. The molecule has 2 aliphatic rings. The molecule has 2 heterocycles. The van der Waals surface area contributed by atoms with Gasteiger partial charge in [0.2, 0.25) is 5.91 Å². The fourth-order valence-electron chi connectivity index (χ4n) is 3.16. The van der Waals surface area contributed by atoms with Crippen LogP contribution in [0.1, 0.15) is 19.8 Å². The average Bonchev–Trinajstić information content (AvgIpc) is 2.58. The van der Waals surface area contributed by atoms with Gasteiger partial charge >= 0.3 is 5.97 Å². The highest BCUT2D eigenvalue weighted by Gasteiger charge is 2.35. The number of likely N-dealkylation sites (tertiary alicyclic amines) is 1. The highest BCUT2D eigenvalue weighted by molar-refractivity contribution is 6.03. The molecule has 1 aromatic carbocycles. The van der Waals surface area contributed by atoms with Crippen molar-refractivity contribution in [2.75, 3.05) is 24.5 Å². The Morgan fingerprint density at radius 3 is 2.83 bits per heavy atom. The van der Waals surface area contributed by atoms with Gasteiger partial charge in [-0.25, -0.2) is 0 Å². The highest BCUT2D eigenvalue weighted by Crippen LogP contribution is 2.33. The Kier molecular flexibility index (Phi) is 4.42. The summed E-state index contributed by atoms with van der Waals surface area (Å²) in [6.45, 7) is 2.27. The molecule has 1 fully saturated rings. The first-order valence-electron chi connectivity index (χ1n) is 8.05. The summed E-state index contributed by atoms with van der Waals surface area (Å²) >= 11 is 0. The summed E-state index contributed by atoms with van der Waals surface area (Å²) in [6, 6.07) is 7.09. The Morgan fingerprint density at radius 1 is 1.33 bits per heavy atom. The average molecular weight is 332 g/mol. The second-order valence-electron chi connectivity index (χ2n) is 6.17. The molecule has 2 amide bonds. The summed E-state index contributed by atoms with van der Waals surface area (Å²) in [5.41, 5.74) is 0.570. The molecule has 0 aromatic heterocycles. The number of hydrogen-bond acceptors (Lipinski definition) is 4. The smallest absolute Gasteiger partial charge is 0.308 e. The number of benzene rings is 1. The predicted molar refractivity (Wildman–Crippen MR) is 85.8 cm³/mol. The zero-order chi connectivity index (χ0) is 17.3. The van der Waals surface area contributed by atoms with Crippen LogP contribution in [0.3, 0.4) is 0 Å². The van der Waals surface area contributed by atoms with E-state index in [1.807, 2.05) is 6.07 Å². The summed E-state index contributed by atoms with van der Waals surface area (Å²) in [6.07, 6.45) is 0.586. The van der Waals surface area contributed by atoms with Crippen LogP contribution in [-0.2, 0) is 14.4 Å². The van der Waals surface area contributed by atoms with Gasteiger partial charge in [-0.3, -0.25) is 19.3 Å². The van der Waals surface area contributed by atoms with Crippen LogP contribution in [0.2, 0.25) is 0 Å². The van der Waals surface area contributed by atoms with E-state index in [0.717, 1.165) is 0 Å². The van der Waals surface area contributed by atoms with E-state index in [0.29, 0.717) is 30.8 Å². The number of nitrogens with zero attached hydrogens (tertiary/aromatic N) is 2. The molecule has 2 atom stereocenters. The minimum atomic E-state index is -0.881. The summed E-state index contributed by atoms with van der Waals surface area (Å²) in [5, 5.41) is 9.15. The standard InChI is InChI=1S/C17H20N2O5/c1-11-16(21)19(13-6-2-3-7-14(13)24-11)10-15(20)18-8-4-5-12(9-18)17(22)23/h2-3,6-7,11-12H,4-5,8-10H2,1H3,(H,22,23)/t11-,12-/m1/s1. The van der Waals surface area contributed by atoms with Crippen LogP contribution < -0.4 is 9.64 Å². The van der Waals surface area contributed by atoms with Gasteiger partial charge in [0.05, 0.1) is 11.6 Å². The van der Waals surface area contributed by atoms with Crippen molar-refractivity contribution < 1.29 is 24.2 Å². The van der Waals surface area contributed by atoms with Gasteiger partial charge in [-0.05, 0) is 31.9 Å². The maximum Gasteiger partial charge on any atom is 0.308 e. The molecule has 0 saturated carbocycles. The summed E-state index contributed by atoms with van der Waals surface area (Å²) < 4.78 is 5.56. The molecule has 1 saturated heterocycles. The molecule has 1 N–H and O–H groups in total. The highest BCUT2D eigenvalue weighted by atomic mass is 16.5. The quantitative estimate of drug-likeness (QED) is 0.896. The lowest BCUT2D eigenvalue weighted by Gasteiger charge is -2.35. The molecule has 0 spiro atoms. The van der Waals surface area contributed by atoms with Gasteiger partial charge in [0.15, 0.2) is 6.10 Å². The molecule has 0 bridgehead atoms. The molecule has 7 nitrogen and oxygen atoms in total. The van der Waals surface area contributed by atoms with E-state index in [-0.39, 0.29) is 24.9 Å². The minimum Gasteiger partial charge on any atom is -0.481 e. The van der Waals surface area contributed by atoms with Crippen molar-refractivity contribution in [1.29, 1.82) is 0 Å². The molecular weight excluding hydrogens is 312 g/mol. The van der Waals surface area contributed by atoms with Gasteiger partial charge in [-0.1, -0.05) is 12.1 Å². The van der Waals surface area contributed by atoms with Crippen LogP contribution in [0.5, 0.6) is 5.75 Å². The number of piperidine rings is 1. The van der Waals surface area contributed by atoms with Gasteiger partial charge in [0, 0.05) is 13.1 Å². The maximum atomic E-state index is 12.6. The van der Waals surface area contributed by atoms with Gasteiger partial charge < -0.3 is 14.7 Å². The number of ether oxygens (including phenoxy) is 1. The first-order valence-corrected chi connectivity index (χ1v) is 8.05. The van der Waals surface area contributed by atoms with E-state index < -0.39 is 18.0 Å². The molecule has 128 valence electrons. The monoisotopic (exact) mass is 332 g/mol. The number of carbonyl (C=O) groups is 3. The van der Waals surface area contributed by atoms with Crippen LogP contribution >= 0.6 is 0 Å². The van der Waals surface area contributed by atoms with Crippen molar-refractivity contribution in [3.8, 4) is 5.75 Å². The van der Waals surface area contributed by atoms with E-state index in [9.17, 15) is 14.4 Å². The van der Waals surface area contributed by atoms with Gasteiger partial charge in [-0.15, -0.1) is 0 Å². The van der Waals surface area contributed by atoms with E-state index in [1.165, 1.54) is 9.80 Å². The Balaban J connectivity index is 1.76. The molecule has 0 radical (unpaired) electrons. The zero-order valence-corrected chi connectivity index (χ0v) is 13.5. The van der Waals surface area contributed by atoms with E-state index in [1.54, 1.807) is 25.1 Å². The number of carboxylic acids is 1. The van der Waals surface area contributed by atoms with Crippen LogP contribution in [0.25, 0.3) is 0 Å². The lowest BCUT2D eigenvalue weighted by molar-refractivity contribution is -0.145. The van der Waals surface area contributed by atoms with Crippen molar-refractivity contribution >= 4 is 23.5 Å². The zero-order valence-electron chi connectivity index (χ0n) is 13.5.